The summed E-state index contributed by atoms with van der Waals surface area (Å²) in [5, 5.41) is 0. The first-order valence-electron chi connectivity index (χ1n) is 6.96. The molecule has 0 aliphatic carbocycles. The van der Waals surface area contributed by atoms with E-state index in [9.17, 15) is 4.39 Å². The molecule has 1 aromatic carbocycles. The van der Waals surface area contributed by atoms with Crippen LogP contribution in [0.3, 0.4) is 0 Å². The second-order valence-electron chi connectivity index (χ2n) is 5.41. The van der Waals surface area contributed by atoms with E-state index in [0.29, 0.717) is 24.1 Å². The Kier molecular flexibility index (Phi) is 4.64. The number of rotatable bonds is 4. The number of nitrogens with two attached hydrogens (primary N) is 1. The third-order valence-corrected chi connectivity index (χ3v) is 3.95. The van der Waals surface area contributed by atoms with Crippen LogP contribution in [0.25, 0.3) is 0 Å². The number of likely N-dealkylation sites (tertiary alicyclic amines) is 1. The van der Waals surface area contributed by atoms with Gasteiger partial charge in [-0.15, -0.1) is 0 Å². The number of anilines is 1. The SMILES string of the molecule is Cc1cc(OCCC2CCCCN2C)c(F)cc1N. The van der Waals surface area contributed by atoms with Gasteiger partial charge in [0.2, 0.25) is 0 Å². The van der Waals surface area contributed by atoms with Crippen LogP contribution >= 0.6 is 0 Å². The van der Waals surface area contributed by atoms with Crippen molar-refractivity contribution in [3.8, 4) is 5.75 Å². The van der Waals surface area contributed by atoms with Gasteiger partial charge in [-0.25, -0.2) is 4.39 Å². The fraction of sp³-hybridized carbons (Fsp3) is 0.600. The number of nitrogens with zero attached hydrogens (tertiary/aromatic N) is 1. The Balaban J connectivity index is 1.87. The maximum absolute atomic E-state index is 13.7. The maximum atomic E-state index is 13.7. The molecule has 0 bridgehead atoms. The number of halogens is 1. The van der Waals surface area contributed by atoms with Gasteiger partial charge in [0.05, 0.1) is 6.61 Å². The zero-order valence-electron chi connectivity index (χ0n) is 11.8. The van der Waals surface area contributed by atoms with E-state index in [2.05, 4.69) is 11.9 Å². The molecule has 0 radical (unpaired) electrons. The Bertz CT molecular complexity index is 436. The average molecular weight is 266 g/mol. The minimum Gasteiger partial charge on any atom is -0.490 e. The van der Waals surface area contributed by atoms with Crippen LogP contribution in [0.1, 0.15) is 31.2 Å². The van der Waals surface area contributed by atoms with Crippen LogP contribution in [0.5, 0.6) is 5.75 Å². The van der Waals surface area contributed by atoms with Gasteiger partial charge in [-0.2, -0.15) is 0 Å². The number of piperidine rings is 1. The molecule has 1 fully saturated rings. The Hall–Kier alpha value is -1.29. The molecule has 0 aromatic heterocycles. The van der Waals surface area contributed by atoms with Crippen LogP contribution in [-0.4, -0.2) is 31.1 Å². The van der Waals surface area contributed by atoms with Crippen molar-refractivity contribution in [2.75, 3.05) is 25.9 Å². The van der Waals surface area contributed by atoms with Crippen molar-refractivity contribution in [3.63, 3.8) is 0 Å². The molecule has 1 aliphatic rings. The van der Waals surface area contributed by atoms with Gasteiger partial charge in [0.1, 0.15) is 0 Å². The first kappa shape index (κ1) is 14.1. The highest BCUT2D eigenvalue weighted by Gasteiger charge is 2.18. The molecule has 3 nitrogen and oxygen atoms in total. The van der Waals surface area contributed by atoms with Gasteiger partial charge < -0.3 is 15.4 Å². The number of nitrogen functional groups attached to an aromatic ring is 1. The maximum Gasteiger partial charge on any atom is 0.167 e. The minimum absolute atomic E-state index is 0.310. The normalized spacial score (nSPS) is 20.5. The highest BCUT2D eigenvalue weighted by molar-refractivity contribution is 5.50. The van der Waals surface area contributed by atoms with Gasteiger partial charge in [-0.3, -0.25) is 0 Å². The van der Waals surface area contributed by atoms with Crippen molar-refractivity contribution in [2.24, 2.45) is 0 Å². The van der Waals surface area contributed by atoms with E-state index in [1.165, 1.54) is 25.3 Å². The monoisotopic (exact) mass is 266 g/mol. The molecular formula is C15H23FN2O. The fourth-order valence-electron chi connectivity index (χ4n) is 2.59. The molecule has 1 aliphatic heterocycles. The van der Waals surface area contributed by atoms with Crippen molar-refractivity contribution in [1.82, 2.24) is 4.90 Å². The predicted molar refractivity (Wildman–Crippen MR) is 75.9 cm³/mol. The zero-order valence-corrected chi connectivity index (χ0v) is 11.8. The Morgan fingerprint density at radius 1 is 1.42 bits per heavy atom. The van der Waals surface area contributed by atoms with E-state index >= 15 is 0 Å². The van der Waals surface area contributed by atoms with Crippen LogP contribution < -0.4 is 10.5 Å². The molecule has 1 aromatic rings. The van der Waals surface area contributed by atoms with E-state index < -0.39 is 0 Å². The largest absolute Gasteiger partial charge is 0.490 e. The van der Waals surface area contributed by atoms with E-state index in [0.717, 1.165) is 18.5 Å². The molecule has 4 heteroatoms. The second-order valence-corrected chi connectivity index (χ2v) is 5.41. The lowest BCUT2D eigenvalue weighted by atomic mass is 10.0. The lowest BCUT2D eigenvalue weighted by molar-refractivity contribution is 0.151. The Morgan fingerprint density at radius 2 is 2.21 bits per heavy atom. The van der Waals surface area contributed by atoms with Crippen LogP contribution in [0.2, 0.25) is 0 Å². The number of ether oxygens (including phenoxy) is 1. The minimum atomic E-state index is -0.375. The summed E-state index contributed by atoms with van der Waals surface area (Å²) >= 11 is 0. The molecule has 0 amide bonds. The topological polar surface area (TPSA) is 38.5 Å². The lowest BCUT2D eigenvalue weighted by Gasteiger charge is -2.32. The quantitative estimate of drug-likeness (QED) is 0.851. The summed E-state index contributed by atoms with van der Waals surface area (Å²) in [6.45, 7) is 3.56. The Labute approximate surface area is 114 Å². The molecule has 0 spiro atoms. The molecule has 1 saturated heterocycles. The van der Waals surface area contributed by atoms with E-state index in [-0.39, 0.29) is 5.82 Å². The first-order valence-corrected chi connectivity index (χ1v) is 6.96. The number of benzene rings is 1. The summed E-state index contributed by atoms with van der Waals surface area (Å²) in [7, 11) is 2.15. The highest BCUT2D eigenvalue weighted by Crippen LogP contribution is 2.24. The van der Waals surface area contributed by atoms with E-state index in [1.54, 1.807) is 6.07 Å². The third-order valence-electron chi connectivity index (χ3n) is 3.95. The highest BCUT2D eigenvalue weighted by atomic mass is 19.1. The van der Waals surface area contributed by atoms with Gasteiger partial charge in [-0.1, -0.05) is 6.42 Å². The van der Waals surface area contributed by atoms with Gasteiger partial charge in [-0.05, 0) is 51.4 Å². The smallest absolute Gasteiger partial charge is 0.167 e. The molecule has 2 N–H and O–H groups in total. The zero-order chi connectivity index (χ0) is 13.8. The summed E-state index contributed by atoms with van der Waals surface area (Å²) < 4.78 is 19.2. The predicted octanol–water partition coefficient (Wildman–Crippen LogP) is 2.97. The van der Waals surface area contributed by atoms with Gasteiger partial charge in [0.15, 0.2) is 11.6 Å². The third kappa shape index (κ3) is 3.60. The van der Waals surface area contributed by atoms with Crippen molar-refractivity contribution in [3.05, 3.63) is 23.5 Å². The number of hydrogen-bond acceptors (Lipinski definition) is 3. The molecule has 1 unspecified atom stereocenters. The van der Waals surface area contributed by atoms with Crippen LogP contribution in [0.4, 0.5) is 10.1 Å². The summed E-state index contributed by atoms with van der Waals surface area (Å²) in [4.78, 5) is 2.37. The second kappa shape index (κ2) is 6.24. The molecule has 1 heterocycles. The number of hydrogen-bond donors (Lipinski definition) is 1. The molecule has 2 rings (SSSR count). The van der Waals surface area contributed by atoms with Gasteiger partial charge in [0.25, 0.3) is 0 Å². The van der Waals surface area contributed by atoms with E-state index in [1.807, 2.05) is 6.92 Å². The average Bonchev–Trinajstić information content (AvgIpc) is 2.38. The van der Waals surface area contributed by atoms with Crippen molar-refractivity contribution in [1.29, 1.82) is 0 Å². The lowest BCUT2D eigenvalue weighted by Crippen LogP contribution is -2.37. The van der Waals surface area contributed by atoms with Crippen LogP contribution in [0.15, 0.2) is 12.1 Å². The number of aryl methyl sites for hydroxylation is 1. The summed E-state index contributed by atoms with van der Waals surface area (Å²) in [6.07, 6.45) is 4.71. The van der Waals surface area contributed by atoms with Crippen molar-refractivity contribution in [2.45, 2.75) is 38.6 Å². The molecule has 106 valence electrons. The van der Waals surface area contributed by atoms with E-state index in [4.69, 9.17) is 10.5 Å². The standard InChI is InChI=1S/C15H23FN2O/c1-11-9-15(13(16)10-14(11)17)19-8-6-12-5-3-4-7-18(12)2/h9-10,12H,3-8,17H2,1-2H3. The summed E-state index contributed by atoms with van der Waals surface area (Å²) in [5.41, 5.74) is 6.97. The molecule has 19 heavy (non-hydrogen) atoms. The summed E-state index contributed by atoms with van der Waals surface area (Å²) in [5.74, 6) is -0.0646. The van der Waals surface area contributed by atoms with Gasteiger partial charge in [0, 0.05) is 17.8 Å². The Morgan fingerprint density at radius 3 is 2.95 bits per heavy atom. The first-order chi connectivity index (χ1) is 9.08. The molecule has 0 saturated carbocycles. The van der Waals surface area contributed by atoms with Crippen LogP contribution in [-0.2, 0) is 0 Å². The molecule has 1 atom stereocenters. The van der Waals surface area contributed by atoms with Crippen molar-refractivity contribution >= 4 is 5.69 Å². The van der Waals surface area contributed by atoms with Crippen molar-refractivity contribution < 1.29 is 9.13 Å². The summed E-state index contributed by atoms with van der Waals surface area (Å²) in [6, 6.07) is 3.57. The van der Waals surface area contributed by atoms with Gasteiger partial charge >= 0.3 is 0 Å². The molecular weight excluding hydrogens is 243 g/mol. The fourth-order valence-corrected chi connectivity index (χ4v) is 2.59. The van der Waals surface area contributed by atoms with Crippen LogP contribution in [0, 0.1) is 12.7 Å².